The molecule has 1 saturated carbocycles. The van der Waals surface area contributed by atoms with E-state index in [1.807, 2.05) is 0 Å². The first-order valence-electron chi connectivity index (χ1n) is 13.4. The Morgan fingerprint density at radius 2 is 1.43 bits per heavy atom. The van der Waals surface area contributed by atoms with E-state index in [0.717, 1.165) is 10.9 Å². The second-order valence-electron chi connectivity index (χ2n) is 10.8. The Morgan fingerprint density at radius 1 is 0.891 bits per heavy atom. The molecule has 2 saturated heterocycles. The van der Waals surface area contributed by atoms with Gasteiger partial charge in [-0.3, -0.25) is 42.2 Å². The van der Waals surface area contributed by atoms with Crippen molar-refractivity contribution < 1.29 is 51.2 Å². The number of halogens is 1. The van der Waals surface area contributed by atoms with Crippen molar-refractivity contribution in [1.29, 1.82) is 0 Å². The van der Waals surface area contributed by atoms with E-state index in [1.54, 1.807) is 0 Å². The number of nitrogens with zero attached hydrogens (tertiary/aromatic N) is 6. The maximum Gasteiger partial charge on any atom is 0.472 e. The molecule has 10 atom stereocenters. The van der Waals surface area contributed by atoms with Crippen molar-refractivity contribution in [3.63, 3.8) is 0 Å². The fourth-order valence-corrected chi connectivity index (χ4v) is 7.89. The Kier molecular flexibility index (Phi) is 7.40. The normalized spacial score (nSPS) is 37.1. The van der Waals surface area contributed by atoms with Crippen LogP contribution in [0.4, 0.5) is 16.3 Å². The molecule has 6 unspecified atom stereocenters. The molecular formula is C21H25FN10O12P2. The number of hydrogen-bond donors (Lipinski definition) is 7. The molecule has 4 aromatic rings. The fourth-order valence-electron chi connectivity index (χ4n) is 5.89. The number of nitrogen functional groups attached to an aromatic ring is 2. The number of fused-ring (bicyclic) bond motifs is 4. The summed E-state index contributed by atoms with van der Waals surface area (Å²) in [5.74, 6) is -1.60. The van der Waals surface area contributed by atoms with Crippen molar-refractivity contribution in [3.05, 3.63) is 33.4 Å². The minimum absolute atomic E-state index is 0.00944. The molecule has 46 heavy (non-hydrogen) atoms. The van der Waals surface area contributed by atoms with Gasteiger partial charge in [-0.15, -0.1) is 0 Å². The summed E-state index contributed by atoms with van der Waals surface area (Å²) in [6.45, 7) is -1.60. The minimum Gasteiger partial charge on any atom is -0.388 e. The Labute approximate surface area is 253 Å². The number of phosphoric acid groups is 2. The van der Waals surface area contributed by atoms with Gasteiger partial charge in [0.25, 0.3) is 11.1 Å². The van der Waals surface area contributed by atoms with Crippen LogP contribution < -0.4 is 22.6 Å². The van der Waals surface area contributed by atoms with E-state index in [0.29, 0.717) is 0 Å². The van der Waals surface area contributed by atoms with E-state index in [-0.39, 0.29) is 40.6 Å². The lowest BCUT2D eigenvalue weighted by Crippen LogP contribution is -2.36. The van der Waals surface area contributed by atoms with Gasteiger partial charge in [-0.2, -0.15) is 9.97 Å². The van der Waals surface area contributed by atoms with Crippen molar-refractivity contribution in [1.82, 2.24) is 39.0 Å². The first-order valence-corrected chi connectivity index (χ1v) is 16.4. The van der Waals surface area contributed by atoms with E-state index < -0.39 is 88.8 Å². The highest BCUT2D eigenvalue weighted by atomic mass is 31.2. The molecule has 1 aliphatic carbocycles. The topological polar surface area (TPSA) is 320 Å². The van der Waals surface area contributed by atoms with Crippen molar-refractivity contribution >= 4 is 49.9 Å². The van der Waals surface area contributed by atoms with Gasteiger partial charge >= 0.3 is 15.6 Å². The zero-order chi connectivity index (χ0) is 32.7. The van der Waals surface area contributed by atoms with Gasteiger partial charge in [-0.05, 0) is 6.42 Å². The molecule has 2 aliphatic heterocycles. The van der Waals surface area contributed by atoms with E-state index in [4.69, 9.17) is 34.3 Å². The van der Waals surface area contributed by atoms with E-state index in [1.165, 1.54) is 10.9 Å². The number of H-pyrrole nitrogens is 2. The predicted molar refractivity (Wildman–Crippen MR) is 148 cm³/mol. The number of nitrogens with two attached hydrogens (primary N) is 2. The van der Waals surface area contributed by atoms with E-state index >= 15 is 4.39 Å². The summed E-state index contributed by atoms with van der Waals surface area (Å²) in [6, 6.07) is -1.000. The van der Waals surface area contributed by atoms with Crippen LogP contribution in [0.1, 0.15) is 18.7 Å². The van der Waals surface area contributed by atoms with Crippen molar-refractivity contribution in [2.24, 2.45) is 5.92 Å². The Morgan fingerprint density at radius 3 is 2.07 bits per heavy atom. The highest BCUT2D eigenvalue weighted by Gasteiger charge is 2.54. The molecule has 25 heteroatoms. The summed E-state index contributed by atoms with van der Waals surface area (Å²) in [4.78, 5) is 66.0. The van der Waals surface area contributed by atoms with Gasteiger partial charge in [0, 0.05) is 5.92 Å². The lowest BCUT2D eigenvalue weighted by Gasteiger charge is -2.28. The van der Waals surface area contributed by atoms with Gasteiger partial charge in [0.1, 0.15) is 24.4 Å². The second-order valence-corrected chi connectivity index (χ2v) is 13.6. The van der Waals surface area contributed by atoms with Crippen molar-refractivity contribution in [2.75, 3.05) is 24.7 Å². The van der Waals surface area contributed by atoms with Crippen LogP contribution in [0.2, 0.25) is 0 Å². The number of alkyl halides is 1. The zero-order valence-electron chi connectivity index (χ0n) is 23.0. The largest absolute Gasteiger partial charge is 0.472 e. The molecular weight excluding hydrogens is 665 g/mol. The van der Waals surface area contributed by atoms with Crippen molar-refractivity contribution in [3.8, 4) is 0 Å². The molecule has 0 bridgehead atoms. The number of aromatic amines is 2. The maximum atomic E-state index is 15.9. The van der Waals surface area contributed by atoms with E-state index in [9.17, 15) is 33.6 Å². The second kappa shape index (κ2) is 11.0. The Bertz CT molecular complexity index is 1910. The molecule has 0 amide bonds. The van der Waals surface area contributed by atoms with Crippen LogP contribution in [0.3, 0.4) is 0 Å². The van der Waals surface area contributed by atoms with Crippen LogP contribution in [0.25, 0.3) is 22.3 Å². The number of aliphatic hydroxyl groups excluding tert-OH is 1. The summed E-state index contributed by atoms with van der Waals surface area (Å²) < 4.78 is 70.8. The maximum absolute atomic E-state index is 15.9. The lowest BCUT2D eigenvalue weighted by molar-refractivity contribution is -0.0592. The first-order chi connectivity index (χ1) is 21.7. The molecule has 4 aromatic heterocycles. The average molecular weight is 690 g/mol. The smallest absolute Gasteiger partial charge is 0.388 e. The molecule has 0 spiro atoms. The number of ether oxygens (including phenoxy) is 1. The average Bonchev–Trinajstić information content (AvgIpc) is 3.72. The van der Waals surface area contributed by atoms with Gasteiger partial charge in [0.2, 0.25) is 11.9 Å². The summed E-state index contributed by atoms with van der Waals surface area (Å²) in [6.07, 6.45) is -8.49. The number of aliphatic hydroxyl groups is 1. The summed E-state index contributed by atoms with van der Waals surface area (Å²) in [5.41, 5.74) is 9.38. The molecule has 22 nitrogen and oxygen atoms in total. The van der Waals surface area contributed by atoms with Crippen LogP contribution in [0.15, 0.2) is 22.2 Å². The third-order valence-electron chi connectivity index (χ3n) is 7.90. The Hall–Kier alpha value is -3.63. The zero-order valence-corrected chi connectivity index (χ0v) is 24.8. The monoisotopic (exact) mass is 690 g/mol. The molecule has 3 fully saturated rings. The van der Waals surface area contributed by atoms with Crippen LogP contribution in [-0.2, 0) is 32.0 Å². The number of anilines is 2. The van der Waals surface area contributed by atoms with Crippen LogP contribution >= 0.6 is 15.6 Å². The van der Waals surface area contributed by atoms with Gasteiger partial charge in [0.15, 0.2) is 34.7 Å². The number of phosphoric ester groups is 2. The molecule has 3 aliphatic rings. The van der Waals surface area contributed by atoms with E-state index in [2.05, 4.69) is 29.9 Å². The first kappa shape index (κ1) is 31.0. The molecule has 248 valence electrons. The standard InChI is InChI=1S/C21H25FN10O12P2/c22-9-14-8(42-19(9)32-5-26-11-16(32)28-21(24)30-18(11)35)3-41-46(38,39)43-13-6(2-40-45(36,37)44-14)1-7(12(13)33)31-4-25-10-15(31)27-20(23)29-17(10)34/h4-9,12-14,19,33H,1-3H2,(H,36,37)(H,38,39)(H3,23,27,29,34)(H3,24,28,30,35)/t6-,7-,8-,9?,12?,13?,14?,19-/m1/s1. The van der Waals surface area contributed by atoms with Crippen LogP contribution in [0, 0.1) is 5.92 Å². The number of aromatic nitrogens is 8. The van der Waals surface area contributed by atoms with Crippen LogP contribution in [0.5, 0.6) is 0 Å². The molecule has 6 heterocycles. The number of hydrogen-bond acceptors (Lipinski definition) is 16. The quantitative estimate of drug-likeness (QED) is 0.119. The number of rotatable bonds is 2. The third-order valence-corrected chi connectivity index (χ3v) is 9.87. The third kappa shape index (κ3) is 5.33. The fraction of sp³-hybridized carbons (Fsp3) is 0.524. The Balaban J connectivity index is 1.18. The highest BCUT2D eigenvalue weighted by molar-refractivity contribution is 7.47. The minimum atomic E-state index is -5.10. The highest BCUT2D eigenvalue weighted by Crippen LogP contribution is 2.55. The van der Waals surface area contributed by atoms with Gasteiger partial charge < -0.3 is 35.7 Å². The molecule has 9 N–H and O–H groups in total. The van der Waals surface area contributed by atoms with Gasteiger partial charge in [-0.25, -0.2) is 23.5 Å². The molecule has 0 aromatic carbocycles. The van der Waals surface area contributed by atoms with Gasteiger partial charge in [-0.1, -0.05) is 0 Å². The summed E-state index contributed by atoms with van der Waals surface area (Å²) >= 11 is 0. The number of imidazole rings is 2. The molecule has 0 radical (unpaired) electrons. The lowest BCUT2D eigenvalue weighted by atomic mass is 10.1. The SMILES string of the molecule is Nc1nc2c(ncn2[C@@H]2C[C@@H]3COP(=O)(O)OC4C(F)[C@H](n5cnc6c(=O)[nH]c(N)nc65)O[C@@H]4COP(=O)(O)OC3C2O)c(=O)[nH]1. The predicted octanol–water partition coefficient (Wildman–Crippen LogP) is -1.41. The van der Waals surface area contributed by atoms with Crippen molar-refractivity contribution in [2.45, 2.75) is 49.3 Å². The van der Waals surface area contributed by atoms with Crippen LogP contribution in [-0.4, -0.2) is 97.7 Å². The number of nitrogens with one attached hydrogen (secondary N) is 2. The molecule has 7 rings (SSSR count). The van der Waals surface area contributed by atoms with Gasteiger partial charge in [0.05, 0.1) is 31.9 Å². The summed E-state index contributed by atoms with van der Waals surface area (Å²) in [5, 5.41) is 11.2. The summed E-state index contributed by atoms with van der Waals surface area (Å²) in [7, 11) is -10.2.